The number of rotatable bonds is 4. The van der Waals surface area contributed by atoms with Crippen LogP contribution in [0.2, 0.25) is 0 Å². The number of carbonyl (C=O) groups is 1. The van der Waals surface area contributed by atoms with Crippen molar-refractivity contribution in [2.45, 2.75) is 45.1 Å². The smallest absolute Gasteiger partial charge is 0.255 e. The first-order chi connectivity index (χ1) is 12.6. The van der Waals surface area contributed by atoms with E-state index in [1.165, 1.54) is 10.6 Å². The van der Waals surface area contributed by atoms with Gasteiger partial charge < -0.3 is 10.3 Å². The number of sulfonamides is 1. The highest BCUT2D eigenvalue weighted by Gasteiger charge is 2.39. The summed E-state index contributed by atoms with van der Waals surface area (Å²) in [6.45, 7) is 4.86. The van der Waals surface area contributed by atoms with E-state index in [4.69, 9.17) is 0 Å². The maximum absolute atomic E-state index is 13.0. The van der Waals surface area contributed by atoms with Gasteiger partial charge in [-0.25, -0.2) is 22.7 Å². The van der Waals surface area contributed by atoms with E-state index in [-0.39, 0.29) is 23.9 Å². The van der Waals surface area contributed by atoms with Crippen LogP contribution in [-0.4, -0.2) is 59.0 Å². The van der Waals surface area contributed by atoms with Crippen LogP contribution in [0.25, 0.3) is 11.2 Å². The minimum Gasteiger partial charge on any atom is -0.347 e. The van der Waals surface area contributed by atoms with Gasteiger partial charge in [0.25, 0.3) is 5.91 Å². The van der Waals surface area contributed by atoms with Gasteiger partial charge in [0.1, 0.15) is 5.52 Å². The van der Waals surface area contributed by atoms with Gasteiger partial charge in [0.2, 0.25) is 10.0 Å². The van der Waals surface area contributed by atoms with E-state index in [1.807, 2.05) is 0 Å². The molecule has 146 valence electrons. The van der Waals surface area contributed by atoms with Crippen molar-refractivity contribution in [3.8, 4) is 0 Å². The van der Waals surface area contributed by atoms with Gasteiger partial charge in [-0.3, -0.25) is 4.79 Å². The van der Waals surface area contributed by atoms with Crippen LogP contribution in [0.15, 0.2) is 12.4 Å². The molecule has 1 atom stereocenters. The van der Waals surface area contributed by atoms with Crippen molar-refractivity contribution < 1.29 is 13.2 Å². The normalized spacial score (nSPS) is 23.4. The number of fused-ring (bicyclic) bond motifs is 1. The van der Waals surface area contributed by atoms with Crippen LogP contribution < -0.4 is 5.32 Å². The molecule has 0 spiro atoms. The molecule has 1 saturated carbocycles. The Labute approximate surface area is 158 Å². The number of piperidine rings is 1. The lowest BCUT2D eigenvalue weighted by Crippen LogP contribution is -2.57. The van der Waals surface area contributed by atoms with Crippen LogP contribution in [0.1, 0.15) is 55.1 Å². The summed E-state index contributed by atoms with van der Waals surface area (Å²) in [4.78, 5) is 25.0. The molecule has 2 aliphatic rings. The highest BCUT2D eigenvalue weighted by atomic mass is 32.2. The first-order valence-electron chi connectivity index (χ1n) is 9.25. The Balaban J connectivity index is 1.59. The fraction of sp³-hybridized carbons (Fsp3) is 0.611. The molecule has 2 aromatic heterocycles. The number of carbonyl (C=O) groups excluding carboxylic acids is 1. The molecular formula is C18H25N5O3S. The fourth-order valence-corrected chi connectivity index (χ4v) is 4.40. The van der Waals surface area contributed by atoms with Crippen molar-refractivity contribution in [3.05, 3.63) is 23.7 Å². The fourth-order valence-electron chi connectivity index (χ4n) is 3.56. The molecule has 3 heterocycles. The highest BCUT2D eigenvalue weighted by Crippen LogP contribution is 2.39. The SMILES string of the molecule is CC1(C)CCN(S(C)(=O)=O)CC1NC(=O)c1c[nH]c2ncc(C3CC3)nc12. The highest BCUT2D eigenvalue weighted by molar-refractivity contribution is 7.88. The summed E-state index contributed by atoms with van der Waals surface area (Å²) in [6.07, 6.45) is 7.52. The van der Waals surface area contributed by atoms with Crippen molar-refractivity contribution in [3.63, 3.8) is 0 Å². The van der Waals surface area contributed by atoms with Gasteiger partial charge in [-0.05, 0) is 24.7 Å². The molecule has 2 aromatic rings. The van der Waals surface area contributed by atoms with Crippen LogP contribution in [0.4, 0.5) is 0 Å². The number of hydrogen-bond donors (Lipinski definition) is 2. The average molecular weight is 391 g/mol. The zero-order chi connectivity index (χ0) is 19.4. The lowest BCUT2D eigenvalue weighted by Gasteiger charge is -2.43. The molecule has 1 unspecified atom stereocenters. The molecule has 4 rings (SSSR count). The molecule has 1 aliphatic heterocycles. The van der Waals surface area contributed by atoms with E-state index in [2.05, 4.69) is 34.1 Å². The van der Waals surface area contributed by atoms with Crippen LogP contribution in [0.3, 0.4) is 0 Å². The van der Waals surface area contributed by atoms with Gasteiger partial charge in [0.15, 0.2) is 5.65 Å². The summed E-state index contributed by atoms with van der Waals surface area (Å²) in [6, 6.07) is -0.280. The zero-order valence-corrected chi connectivity index (χ0v) is 16.6. The largest absolute Gasteiger partial charge is 0.347 e. The molecule has 0 aromatic carbocycles. The molecule has 8 nitrogen and oxygen atoms in total. The summed E-state index contributed by atoms with van der Waals surface area (Å²) in [5.41, 5.74) is 2.34. The minimum absolute atomic E-state index is 0.201. The van der Waals surface area contributed by atoms with Gasteiger partial charge >= 0.3 is 0 Å². The number of nitrogens with one attached hydrogen (secondary N) is 2. The number of nitrogens with zero attached hydrogens (tertiary/aromatic N) is 3. The minimum atomic E-state index is -3.29. The van der Waals surface area contributed by atoms with Crippen molar-refractivity contribution >= 4 is 27.1 Å². The van der Waals surface area contributed by atoms with Crippen molar-refractivity contribution in [2.75, 3.05) is 19.3 Å². The van der Waals surface area contributed by atoms with E-state index >= 15 is 0 Å². The molecule has 9 heteroatoms. The average Bonchev–Trinajstić information content (AvgIpc) is 3.34. The molecule has 1 amide bonds. The molecule has 2 N–H and O–H groups in total. The monoisotopic (exact) mass is 391 g/mol. The summed E-state index contributed by atoms with van der Waals surface area (Å²) >= 11 is 0. The quantitative estimate of drug-likeness (QED) is 0.823. The van der Waals surface area contributed by atoms with Gasteiger partial charge in [0, 0.05) is 31.2 Å². The second-order valence-electron chi connectivity index (χ2n) is 8.35. The van der Waals surface area contributed by atoms with Gasteiger partial charge in [0.05, 0.1) is 23.7 Å². The van der Waals surface area contributed by atoms with E-state index in [9.17, 15) is 13.2 Å². The molecular weight excluding hydrogens is 366 g/mol. The van der Waals surface area contributed by atoms with E-state index in [1.54, 1.807) is 12.4 Å². The third kappa shape index (κ3) is 3.58. The third-order valence-corrected chi connectivity index (χ3v) is 7.02. The van der Waals surface area contributed by atoms with Crippen molar-refractivity contribution in [1.29, 1.82) is 0 Å². The lowest BCUT2D eigenvalue weighted by atomic mass is 9.78. The van der Waals surface area contributed by atoms with Crippen LogP contribution in [-0.2, 0) is 10.0 Å². The zero-order valence-electron chi connectivity index (χ0n) is 15.8. The van der Waals surface area contributed by atoms with Crippen molar-refractivity contribution in [2.24, 2.45) is 5.41 Å². The molecule has 0 bridgehead atoms. The van der Waals surface area contributed by atoms with Gasteiger partial charge in [-0.2, -0.15) is 0 Å². The first kappa shape index (κ1) is 18.4. The van der Waals surface area contributed by atoms with E-state index in [0.29, 0.717) is 35.6 Å². The summed E-state index contributed by atoms with van der Waals surface area (Å²) in [5.74, 6) is 0.199. The Morgan fingerprint density at radius 1 is 1.37 bits per heavy atom. The maximum atomic E-state index is 13.0. The number of hydrogen-bond acceptors (Lipinski definition) is 5. The number of amides is 1. The van der Waals surface area contributed by atoms with Gasteiger partial charge in [-0.15, -0.1) is 0 Å². The number of aromatic nitrogens is 3. The topological polar surface area (TPSA) is 108 Å². The second-order valence-corrected chi connectivity index (χ2v) is 10.3. The molecule has 27 heavy (non-hydrogen) atoms. The first-order valence-corrected chi connectivity index (χ1v) is 11.1. The van der Waals surface area contributed by atoms with Crippen LogP contribution >= 0.6 is 0 Å². The predicted octanol–water partition coefficient (Wildman–Crippen LogP) is 1.63. The number of H-pyrrole nitrogens is 1. The summed E-state index contributed by atoms with van der Waals surface area (Å²) < 4.78 is 25.3. The Morgan fingerprint density at radius 3 is 2.78 bits per heavy atom. The number of aromatic amines is 1. The summed E-state index contributed by atoms with van der Waals surface area (Å²) in [7, 11) is -3.29. The summed E-state index contributed by atoms with van der Waals surface area (Å²) in [5, 5.41) is 3.04. The third-order valence-electron chi connectivity index (χ3n) is 5.75. The van der Waals surface area contributed by atoms with E-state index in [0.717, 1.165) is 18.5 Å². The Bertz CT molecular complexity index is 994. The molecule has 1 aliphatic carbocycles. The van der Waals surface area contributed by atoms with Crippen LogP contribution in [0, 0.1) is 5.41 Å². The second kappa shape index (κ2) is 6.27. The van der Waals surface area contributed by atoms with Gasteiger partial charge in [-0.1, -0.05) is 13.8 Å². The lowest BCUT2D eigenvalue weighted by molar-refractivity contribution is 0.0816. The predicted molar refractivity (Wildman–Crippen MR) is 102 cm³/mol. The Morgan fingerprint density at radius 2 is 2.11 bits per heavy atom. The van der Waals surface area contributed by atoms with Crippen molar-refractivity contribution in [1.82, 2.24) is 24.6 Å². The molecule has 2 fully saturated rings. The Hall–Kier alpha value is -2.00. The Kier molecular flexibility index (Phi) is 4.27. The molecule has 0 radical (unpaired) electrons. The molecule has 1 saturated heterocycles. The van der Waals surface area contributed by atoms with Crippen LogP contribution in [0.5, 0.6) is 0 Å². The maximum Gasteiger partial charge on any atom is 0.255 e. The standard InChI is InChI=1S/C18H25N5O3S/c1-18(2)6-7-23(27(3,25)26)10-14(18)22-17(24)12-8-19-16-15(12)21-13(9-20-16)11-4-5-11/h8-9,11,14H,4-7,10H2,1-3H3,(H,19,20)(H,22,24). The van der Waals surface area contributed by atoms with E-state index < -0.39 is 10.0 Å².